The van der Waals surface area contributed by atoms with Crippen LogP contribution in [-0.4, -0.2) is 25.9 Å². The van der Waals surface area contributed by atoms with Crippen molar-refractivity contribution in [2.24, 2.45) is 17.8 Å². The van der Waals surface area contributed by atoms with Gasteiger partial charge in [-0.3, -0.25) is 0 Å². The van der Waals surface area contributed by atoms with Gasteiger partial charge in [0.2, 0.25) is 11.6 Å². The highest BCUT2D eigenvalue weighted by Gasteiger charge is 2.31. The normalized spacial score (nSPS) is 27.3. The minimum Gasteiger partial charge on any atom is -0.490 e. The first-order valence-corrected chi connectivity index (χ1v) is 11.6. The van der Waals surface area contributed by atoms with Crippen molar-refractivity contribution in [3.8, 4) is 11.5 Å². The third-order valence-electron chi connectivity index (χ3n) is 6.45. The predicted molar refractivity (Wildman–Crippen MR) is 115 cm³/mol. The van der Waals surface area contributed by atoms with Gasteiger partial charge in [0, 0.05) is 5.92 Å². The molecule has 2 fully saturated rings. The molecular formula is C25H36F2O3. The van der Waals surface area contributed by atoms with Crippen molar-refractivity contribution in [2.45, 2.75) is 71.3 Å². The van der Waals surface area contributed by atoms with Crippen LogP contribution in [0.15, 0.2) is 24.3 Å². The van der Waals surface area contributed by atoms with Gasteiger partial charge >= 0.3 is 0 Å². The third kappa shape index (κ3) is 6.19. The fraction of sp³-hybridized carbons (Fsp3) is 0.680. The highest BCUT2D eigenvalue weighted by molar-refractivity contribution is 5.35. The van der Waals surface area contributed by atoms with Crippen molar-refractivity contribution >= 4 is 0 Å². The number of halogens is 2. The van der Waals surface area contributed by atoms with Crippen molar-refractivity contribution in [1.29, 1.82) is 0 Å². The second-order valence-electron chi connectivity index (χ2n) is 8.72. The average molecular weight is 423 g/mol. The van der Waals surface area contributed by atoms with Gasteiger partial charge < -0.3 is 14.2 Å². The molecule has 30 heavy (non-hydrogen) atoms. The number of rotatable bonds is 9. The number of ether oxygens (including phenoxy) is 3. The molecule has 5 heteroatoms. The van der Waals surface area contributed by atoms with Gasteiger partial charge in [0.25, 0.3) is 0 Å². The summed E-state index contributed by atoms with van der Waals surface area (Å²) in [4.78, 5) is 0. The zero-order valence-electron chi connectivity index (χ0n) is 18.4. The molecule has 3 nitrogen and oxygen atoms in total. The topological polar surface area (TPSA) is 27.7 Å². The van der Waals surface area contributed by atoms with Crippen LogP contribution in [0.5, 0.6) is 11.5 Å². The first kappa shape index (κ1) is 23.1. The van der Waals surface area contributed by atoms with Crippen LogP contribution in [0.4, 0.5) is 8.78 Å². The molecule has 2 aliphatic rings. The lowest BCUT2D eigenvalue weighted by Crippen LogP contribution is -2.35. The molecule has 0 spiro atoms. The Morgan fingerprint density at radius 3 is 2.30 bits per heavy atom. The molecule has 0 N–H and O–H groups in total. The molecule has 1 heterocycles. The lowest BCUT2D eigenvalue weighted by atomic mass is 9.77. The monoisotopic (exact) mass is 422 g/mol. The average Bonchev–Trinajstić information content (AvgIpc) is 2.77. The molecule has 1 aromatic carbocycles. The zero-order valence-corrected chi connectivity index (χ0v) is 18.4. The number of hydrogen-bond acceptors (Lipinski definition) is 3. The van der Waals surface area contributed by atoms with Gasteiger partial charge in [-0.25, -0.2) is 0 Å². The fourth-order valence-electron chi connectivity index (χ4n) is 4.58. The summed E-state index contributed by atoms with van der Waals surface area (Å²) in [7, 11) is 0. The van der Waals surface area contributed by atoms with Crippen LogP contribution in [-0.2, 0) is 4.74 Å². The molecule has 1 saturated heterocycles. The lowest BCUT2D eigenvalue weighted by molar-refractivity contribution is -0.0643. The molecule has 2 unspecified atom stereocenters. The molecule has 0 bridgehead atoms. The highest BCUT2D eigenvalue weighted by atomic mass is 19.2. The van der Waals surface area contributed by atoms with Crippen LogP contribution in [0.2, 0.25) is 0 Å². The van der Waals surface area contributed by atoms with E-state index in [1.165, 1.54) is 37.8 Å². The Kier molecular flexibility index (Phi) is 8.98. The maximum absolute atomic E-state index is 14.3. The van der Waals surface area contributed by atoms with Gasteiger partial charge in [-0.1, -0.05) is 25.5 Å². The van der Waals surface area contributed by atoms with E-state index in [4.69, 9.17) is 14.2 Å². The number of benzene rings is 1. The van der Waals surface area contributed by atoms with E-state index in [2.05, 4.69) is 19.1 Å². The quantitative estimate of drug-likeness (QED) is 0.327. The van der Waals surface area contributed by atoms with Gasteiger partial charge in [-0.2, -0.15) is 8.78 Å². The van der Waals surface area contributed by atoms with Crippen molar-refractivity contribution in [2.75, 3.05) is 19.8 Å². The van der Waals surface area contributed by atoms with Crippen molar-refractivity contribution in [3.05, 3.63) is 35.9 Å². The first-order chi connectivity index (χ1) is 14.6. The van der Waals surface area contributed by atoms with Crippen LogP contribution in [0.25, 0.3) is 0 Å². The Morgan fingerprint density at radius 2 is 1.70 bits per heavy atom. The Hall–Kier alpha value is -1.62. The minimum atomic E-state index is -0.975. The highest BCUT2D eigenvalue weighted by Crippen LogP contribution is 2.36. The lowest BCUT2D eigenvalue weighted by Gasteiger charge is -2.37. The van der Waals surface area contributed by atoms with Crippen LogP contribution < -0.4 is 9.47 Å². The Morgan fingerprint density at radius 1 is 1.00 bits per heavy atom. The number of allylic oxidation sites excluding steroid dienone is 2. The molecule has 0 aromatic heterocycles. The molecule has 0 radical (unpaired) electrons. The Bertz CT molecular complexity index is 675. The second-order valence-corrected chi connectivity index (χ2v) is 8.72. The smallest absolute Gasteiger partial charge is 0.204 e. The summed E-state index contributed by atoms with van der Waals surface area (Å²) >= 11 is 0. The first-order valence-electron chi connectivity index (χ1n) is 11.6. The second kappa shape index (κ2) is 11.7. The molecule has 1 saturated carbocycles. The van der Waals surface area contributed by atoms with E-state index in [0.717, 1.165) is 31.6 Å². The Balaban J connectivity index is 1.42. The summed E-state index contributed by atoms with van der Waals surface area (Å²) in [5.74, 6) is -0.465. The summed E-state index contributed by atoms with van der Waals surface area (Å²) in [5, 5.41) is 0. The van der Waals surface area contributed by atoms with Crippen molar-refractivity contribution in [3.63, 3.8) is 0 Å². The van der Waals surface area contributed by atoms with Crippen LogP contribution in [0.3, 0.4) is 0 Å². The SMILES string of the molecule is CC=CC1CCC(C2CCC(COc3ccc(OCCCC)c(F)c3F)CO2)CC1. The minimum absolute atomic E-state index is 0.0544. The summed E-state index contributed by atoms with van der Waals surface area (Å²) in [6, 6.07) is 2.90. The molecule has 1 aliphatic heterocycles. The molecule has 3 rings (SSSR count). The van der Waals surface area contributed by atoms with Gasteiger partial charge in [0.1, 0.15) is 0 Å². The van der Waals surface area contributed by atoms with E-state index in [0.29, 0.717) is 31.8 Å². The largest absolute Gasteiger partial charge is 0.490 e. The maximum Gasteiger partial charge on any atom is 0.204 e. The van der Waals surface area contributed by atoms with Crippen LogP contribution >= 0.6 is 0 Å². The van der Waals surface area contributed by atoms with Gasteiger partial charge in [0.05, 0.1) is 25.9 Å². The molecular weight excluding hydrogens is 386 g/mol. The van der Waals surface area contributed by atoms with Gasteiger partial charge in [-0.15, -0.1) is 0 Å². The van der Waals surface area contributed by atoms with E-state index in [-0.39, 0.29) is 17.4 Å². The fourth-order valence-corrected chi connectivity index (χ4v) is 4.58. The summed E-state index contributed by atoms with van der Waals surface area (Å²) in [6.45, 7) is 5.46. The summed E-state index contributed by atoms with van der Waals surface area (Å²) < 4.78 is 45.5. The molecule has 1 aromatic rings. The van der Waals surface area contributed by atoms with Crippen LogP contribution in [0.1, 0.15) is 65.2 Å². The van der Waals surface area contributed by atoms with E-state index < -0.39 is 11.6 Å². The maximum atomic E-state index is 14.3. The predicted octanol–water partition coefficient (Wildman–Crippen LogP) is 6.70. The van der Waals surface area contributed by atoms with E-state index in [1.807, 2.05) is 6.92 Å². The van der Waals surface area contributed by atoms with Crippen LogP contribution in [0, 0.1) is 29.4 Å². The van der Waals surface area contributed by atoms with Gasteiger partial charge in [-0.05, 0) is 75.8 Å². The van der Waals surface area contributed by atoms with Gasteiger partial charge in [0.15, 0.2) is 11.5 Å². The summed E-state index contributed by atoms with van der Waals surface area (Å²) in [5.41, 5.74) is 0. The van der Waals surface area contributed by atoms with E-state index in [9.17, 15) is 8.78 Å². The molecule has 0 amide bonds. The summed E-state index contributed by atoms with van der Waals surface area (Å²) in [6.07, 6.45) is 13.6. The zero-order chi connectivity index (χ0) is 21.3. The Labute approximate surface area is 179 Å². The van der Waals surface area contributed by atoms with Crippen molar-refractivity contribution < 1.29 is 23.0 Å². The molecule has 168 valence electrons. The molecule has 2 atom stereocenters. The number of hydrogen-bond donors (Lipinski definition) is 0. The van der Waals surface area contributed by atoms with E-state index in [1.54, 1.807) is 0 Å². The number of unbranched alkanes of at least 4 members (excludes halogenated alkanes) is 1. The standard InChI is InChI=1S/C25H36F2O3/c1-3-5-15-28-22-13-14-23(25(27)24(22)26)30-17-19-9-12-21(29-16-19)20-10-7-18(6-4-2)8-11-20/h4,6,13-14,18-21H,3,5,7-12,15-17H2,1-2H3. The van der Waals surface area contributed by atoms with E-state index >= 15 is 0 Å². The molecule has 1 aliphatic carbocycles. The third-order valence-corrected chi connectivity index (χ3v) is 6.45. The van der Waals surface area contributed by atoms with Crippen molar-refractivity contribution in [1.82, 2.24) is 0 Å².